The van der Waals surface area contributed by atoms with Crippen LogP contribution in [0.15, 0.2) is 18.2 Å². The molecule has 2 saturated heterocycles. The highest BCUT2D eigenvalue weighted by Gasteiger charge is 2.31. The second-order valence-corrected chi connectivity index (χ2v) is 6.64. The zero-order chi connectivity index (χ0) is 17.1. The lowest BCUT2D eigenvalue weighted by molar-refractivity contribution is -0.137. The zero-order valence-electron chi connectivity index (χ0n) is 14.1. The first-order valence-corrected chi connectivity index (χ1v) is 8.78. The van der Waals surface area contributed by atoms with Crippen LogP contribution in [0.5, 0.6) is 0 Å². The molecule has 2 heterocycles. The molecule has 2 aliphatic heterocycles. The van der Waals surface area contributed by atoms with Gasteiger partial charge in [-0.2, -0.15) is 0 Å². The van der Waals surface area contributed by atoms with E-state index in [0.29, 0.717) is 18.7 Å². The van der Waals surface area contributed by atoms with Crippen LogP contribution in [0, 0.1) is 17.6 Å². The number of rotatable bonds is 4. The van der Waals surface area contributed by atoms with Crippen LogP contribution in [0.2, 0.25) is 0 Å². The molecule has 4 nitrogen and oxygen atoms in total. The highest BCUT2D eigenvalue weighted by atomic mass is 19.1. The quantitative estimate of drug-likeness (QED) is 0.915. The van der Waals surface area contributed by atoms with Gasteiger partial charge in [0.05, 0.1) is 5.92 Å². The van der Waals surface area contributed by atoms with E-state index in [-0.39, 0.29) is 17.9 Å². The van der Waals surface area contributed by atoms with Crippen LogP contribution < -0.4 is 5.32 Å². The number of halogens is 2. The molecule has 0 aromatic heterocycles. The van der Waals surface area contributed by atoms with Crippen LogP contribution in [-0.2, 0) is 4.79 Å². The van der Waals surface area contributed by atoms with Gasteiger partial charge in [0.1, 0.15) is 11.6 Å². The van der Waals surface area contributed by atoms with Crippen LogP contribution in [0.25, 0.3) is 0 Å². The number of amides is 1. The van der Waals surface area contributed by atoms with Gasteiger partial charge in [0.15, 0.2) is 0 Å². The molecule has 1 aromatic carbocycles. The van der Waals surface area contributed by atoms with Crippen molar-refractivity contribution in [1.29, 1.82) is 0 Å². The van der Waals surface area contributed by atoms with Gasteiger partial charge in [0.2, 0.25) is 5.91 Å². The predicted octanol–water partition coefficient (Wildman–Crippen LogP) is 2.17. The van der Waals surface area contributed by atoms with Crippen LogP contribution in [0.3, 0.4) is 0 Å². The van der Waals surface area contributed by atoms with Crippen LogP contribution in [0.1, 0.15) is 31.4 Å². The minimum absolute atomic E-state index is 0.0731. The predicted molar refractivity (Wildman–Crippen MR) is 88.5 cm³/mol. The zero-order valence-corrected chi connectivity index (χ0v) is 14.1. The Balaban J connectivity index is 1.63. The monoisotopic (exact) mass is 337 g/mol. The maximum Gasteiger partial charge on any atom is 0.227 e. The number of piperazine rings is 1. The molecular formula is C18H25F2N3O. The number of hydrogen-bond donors (Lipinski definition) is 1. The third-order valence-electron chi connectivity index (χ3n) is 5.18. The van der Waals surface area contributed by atoms with E-state index in [1.54, 1.807) is 6.07 Å². The Kier molecular flexibility index (Phi) is 5.46. The van der Waals surface area contributed by atoms with Crippen molar-refractivity contribution in [3.8, 4) is 0 Å². The van der Waals surface area contributed by atoms with E-state index < -0.39 is 11.6 Å². The molecule has 0 saturated carbocycles. The smallest absolute Gasteiger partial charge is 0.227 e. The van der Waals surface area contributed by atoms with Gasteiger partial charge in [-0.25, -0.2) is 8.78 Å². The molecule has 2 aliphatic rings. The van der Waals surface area contributed by atoms with E-state index in [1.165, 1.54) is 6.07 Å². The molecule has 132 valence electrons. The Hall–Kier alpha value is -1.53. The van der Waals surface area contributed by atoms with Crippen molar-refractivity contribution in [2.45, 2.75) is 25.8 Å². The first-order chi connectivity index (χ1) is 11.6. The molecule has 24 heavy (non-hydrogen) atoms. The number of nitrogens with zero attached hydrogens (tertiary/aromatic N) is 2. The summed E-state index contributed by atoms with van der Waals surface area (Å²) in [5.41, 5.74) is 0.540. The number of benzene rings is 1. The molecule has 0 radical (unpaired) electrons. The Morgan fingerprint density at radius 2 is 2.04 bits per heavy atom. The Morgan fingerprint density at radius 3 is 2.62 bits per heavy atom. The molecule has 0 bridgehead atoms. The normalized spacial score (nSPS) is 23.5. The first-order valence-electron chi connectivity index (χ1n) is 8.78. The fourth-order valence-corrected chi connectivity index (χ4v) is 3.82. The topological polar surface area (TPSA) is 35.6 Å². The molecule has 0 aliphatic carbocycles. The van der Waals surface area contributed by atoms with Crippen LogP contribution in [0.4, 0.5) is 8.78 Å². The highest BCUT2D eigenvalue weighted by molar-refractivity contribution is 5.79. The molecule has 2 unspecified atom stereocenters. The minimum Gasteiger partial charge on any atom is -0.340 e. The van der Waals surface area contributed by atoms with Crippen molar-refractivity contribution >= 4 is 5.91 Å². The molecule has 0 spiro atoms. The van der Waals surface area contributed by atoms with Crippen molar-refractivity contribution in [2.75, 3.05) is 39.3 Å². The largest absolute Gasteiger partial charge is 0.340 e. The van der Waals surface area contributed by atoms with Gasteiger partial charge in [-0.05, 0) is 25.5 Å². The van der Waals surface area contributed by atoms with Crippen molar-refractivity contribution < 1.29 is 13.6 Å². The molecule has 3 rings (SSSR count). The number of hydrogen-bond acceptors (Lipinski definition) is 3. The van der Waals surface area contributed by atoms with Gasteiger partial charge in [-0.3, -0.25) is 9.69 Å². The second-order valence-electron chi connectivity index (χ2n) is 6.64. The van der Waals surface area contributed by atoms with Crippen molar-refractivity contribution in [2.24, 2.45) is 5.92 Å². The average Bonchev–Trinajstić information content (AvgIpc) is 3.12. The maximum atomic E-state index is 14.1. The van der Waals surface area contributed by atoms with Gasteiger partial charge < -0.3 is 10.2 Å². The summed E-state index contributed by atoms with van der Waals surface area (Å²) in [5, 5.41) is 3.23. The minimum atomic E-state index is -0.549. The molecule has 6 heteroatoms. The number of nitrogens with one attached hydrogen (secondary N) is 1. The lowest BCUT2D eigenvalue weighted by Gasteiger charge is -2.40. The van der Waals surface area contributed by atoms with Crippen LogP contribution >= 0.6 is 0 Å². The summed E-state index contributed by atoms with van der Waals surface area (Å²) in [4.78, 5) is 16.6. The third kappa shape index (κ3) is 3.59. The summed E-state index contributed by atoms with van der Waals surface area (Å²) in [7, 11) is 0. The third-order valence-corrected chi connectivity index (χ3v) is 5.18. The number of carbonyl (C=O) groups excluding carboxylic acids is 1. The molecular weight excluding hydrogens is 312 g/mol. The summed E-state index contributed by atoms with van der Waals surface area (Å²) >= 11 is 0. The fourth-order valence-electron chi connectivity index (χ4n) is 3.82. The van der Waals surface area contributed by atoms with E-state index in [1.807, 2.05) is 11.8 Å². The summed E-state index contributed by atoms with van der Waals surface area (Å²) in [5.74, 6) is -0.696. The fraction of sp³-hybridized carbons (Fsp3) is 0.611. The second kappa shape index (κ2) is 7.57. The lowest BCUT2D eigenvalue weighted by Crippen LogP contribution is -2.51. The summed E-state index contributed by atoms with van der Waals surface area (Å²) in [6.45, 7) is 6.50. The average molecular weight is 337 g/mol. The van der Waals surface area contributed by atoms with Gasteiger partial charge in [0.25, 0.3) is 0 Å². The SMILES string of the molecule is CCC(c1ccc(F)cc1F)N1CCN(C(=O)C2CCNC2)CC1. The maximum absolute atomic E-state index is 14.1. The highest BCUT2D eigenvalue weighted by Crippen LogP contribution is 2.28. The van der Waals surface area contributed by atoms with E-state index in [0.717, 1.165) is 45.1 Å². The summed E-state index contributed by atoms with van der Waals surface area (Å²) in [6.07, 6.45) is 1.67. The standard InChI is InChI=1S/C18H25F2N3O/c1-2-17(15-4-3-14(19)11-16(15)20)22-7-9-23(10-8-22)18(24)13-5-6-21-12-13/h3-4,11,13,17,21H,2,5-10,12H2,1H3. The van der Waals surface area contributed by atoms with Gasteiger partial charge in [-0.15, -0.1) is 0 Å². The molecule has 2 fully saturated rings. The number of carbonyl (C=O) groups is 1. The Labute approximate surface area is 141 Å². The van der Waals surface area contributed by atoms with Gasteiger partial charge >= 0.3 is 0 Å². The Bertz CT molecular complexity index is 582. The Morgan fingerprint density at radius 1 is 1.29 bits per heavy atom. The molecule has 2 atom stereocenters. The van der Waals surface area contributed by atoms with E-state index >= 15 is 0 Å². The molecule has 1 N–H and O–H groups in total. The van der Waals surface area contributed by atoms with Crippen molar-refractivity contribution in [3.63, 3.8) is 0 Å². The molecule has 1 aromatic rings. The summed E-state index contributed by atoms with van der Waals surface area (Å²) < 4.78 is 27.3. The van der Waals surface area contributed by atoms with E-state index in [2.05, 4.69) is 10.2 Å². The van der Waals surface area contributed by atoms with Gasteiger partial charge in [-0.1, -0.05) is 13.0 Å². The van der Waals surface area contributed by atoms with Crippen LogP contribution in [-0.4, -0.2) is 55.0 Å². The van der Waals surface area contributed by atoms with E-state index in [4.69, 9.17) is 0 Å². The van der Waals surface area contributed by atoms with Crippen molar-refractivity contribution in [3.05, 3.63) is 35.4 Å². The first kappa shape index (κ1) is 17.3. The van der Waals surface area contributed by atoms with Crippen molar-refractivity contribution in [1.82, 2.24) is 15.1 Å². The molecule has 1 amide bonds. The summed E-state index contributed by atoms with van der Waals surface area (Å²) in [6, 6.07) is 3.73. The lowest BCUT2D eigenvalue weighted by atomic mass is 10.0. The van der Waals surface area contributed by atoms with Gasteiger partial charge in [0, 0.05) is 50.4 Å². The van der Waals surface area contributed by atoms with E-state index in [9.17, 15) is 13.6 Å².